The molecule has 0 aliphatic rings. The highest BCUT2D eigenvalue weighted by molar-refractivity contribution is 6.01. The number of hydrogen-bond acceptors (Lipinski definition) is 5. The third-order valence-electron chi connectivity index (χ3n) is 4.15. The molecule has 0 radical (unpaired) electrons. The van der Waals surface area contributed by atoms with Gasteiger partial charge < -0.3 is 5.32 Å². The van der Waals surface area contributed by atoms with Crippen molar-refractivity contribution in [1.29, 1.82) is 0 Å². The van der Waals surface area contributed by atoms with Crippen LogP contribution in [-0.2, 0) is 11.2 Å². The minimum atomic E-state index is -0.564. The molecule has 7 nitrogen and oxygen atoms in total. The minimum Gasteiger partial charge on any atom is -0.322 e. The van der Waals surface area contributed by atoms with Gasteiger partial charge in [-0.3, -0.25) is 9.78 Å². The van der Waals surface area contributed by atoms with E-state index in [4.69, 9.17) is 0 Å². The molecule has 7 heteroatoms. The van der Waals surface area contributed by atoms with Crippen LogP contribution < -0.4 is 5.32 Å². The number of fused-ring (bicyclic) bond motifs is 1. The normalized spacial score (nSPS) is 12.0. The molecule has 0 spiro atoms. The maximum atomic E-state index is 13.0. The van der Waals surface area contributed by atoms with E-state index in [1.807, 2.05) is 60.7 Å². The highest BCUT2D eigenvalue weighted by Gasteiger charge is 2.23. The Morgan fingerprint density at radius 3 is 2.69 bits per heavy atom. The van der Waals surface area contributed by atoms with Gasteiger partial charge in [0.15, 0.2) is 0 Å². The lowest BCUT2D eigenvalue weighted by atomic mass is 10.1. The quantitative estimate of drug-likeness (QED) is 0.601. The van der Waals surface area contributed by atoms with Crippen LogP contribution in [0.2, 0.25) is 0 Å². The van der Waals surface area contributed by atoms with Crippen molar-refractivity contribution < 1.29 is 4.79 Å². The first-order chi connectivity index (χ1) is 12.8. The van der Waals surface area contributed by atoms with Gasteiger partial charge in [0.05, 0.1) is 11.2 Å². The number of pyridine rings is 1. The van der Waals surface area contributed by atoms with Crippen LogP contribution in [0, 0.1) is 0 Å². The molecule has 0 saturated heterocycles. The van der Waals surface area contributed by atoms with Crippen molar-refractivity contribution in [3.63, 3.8) is 0 Å². The number of hydrogen-bond donors (Lipinski definition) is 1. The molecular weight excluding hydrogens is 328 g/mol. The molecule has 2 aromatic carbocycles. The maximum absolute atomic E-state index is 13.0. The molecule has 0 aliphatic carbocycles. The molecule has 2 heterocycles. The predicted octanol–water partition coefficient (Wildman–Crippen LogP) is 2.64. The van der Waals surface area contributed by atoms with Crippen LogP contribution in [-0.4, -0.2) is 31.1 Å². The summed E-state index contributed by atoms with van der Waals surface area (Å²) in [5, 5.41) is 15.2. The number of nitrogens with one attached hydrogen (secondary N) is 1. The van der Waals surface area contributed by atoms with Gasteiger partial charge in [-0.05, 0) is 28.1 Å². The van der Waals surface area contributed by atoms with Crippen LogP contribution >= 0.6 is 0 Å². The Labute approximate surface area is 149 Å². The van der Waals surface area contributed by atoms with Gasteiger partial charge in [0.25, 0.3) is 0 Å². The Bertz CT molecular complexity index is 1010. The van der Waals surface area contributed by atoms with E-state index in [2.05, 4.69) is 25.8 Å². The third kappa shape index (κ3) is 3.27. The van der Waals surface area contributed by atoms with Crippen LogP contribution in [0.1, 0.15) is 11.6 Å². The number of nitrogens with zero attached hydrogens (tertiary/aromatic N) is 5. The zero-order valence-corrected chi connectivity index (χ0v) is 13.9. The first-order valence-corrected chi connectivity index (χ1v) is 8.22. The van der Waals surface area contributed by atoms with Crippen molar-refractivity contribution in [2.24, 2.45) is 0 Å². The summed E-state index contributed by atoms with van der Waals surface area (Å²) in [6, 6.07) is 18.7. The Morgan fingerprint density at radius 1 is 1.04 bits per heavy atom. The van der Waals surface area contributed by atoms with Crippen LogP contribution in [0.3, 0.4) is 0 Å². The van der Waals surface area contributed by atoms with Crippen molar-refractivity contribution in [3.8, 4) is 0 Å². The second-order valence-electron chi connectivity index (χ2n) is 5.87. The summed E-state index contributed by atoms with van der Waals surface area (Å²) < 4.78 is 1.47. The largest absolute Gasteiger partial charge is 0.322 e. The van der Waals surface area contributed by atoms with Gasteiger partial charge in [-0.25, -0.2) is 4.68 Å². The predicted molar refractivity (Wildman–Crippen MR) is 97.4 cm³/mol. The third-order valence-corrected chi connectivity index (χ3v) is 4.15. The number of benzene rings is 2. The van der Waals surface area contributed by atoms with Gasteiger partial charge in [-0.2, -0.15) is 0 Å². The van der Waals surface area contributed by atoms with Crippen LogP contribution in [0.25, 0.3) is 10.9 Å². The van der Waals surface area contributed by atoms with Gasteiger partial charge in [0.1, 0.15) is 12.4 Å². The van der Waals surface area contributed by atoms with Gasteiger partial charge in [0.2, 0.25) is 5.91 Å². The number of carbonyl (C=O) groups excluding carboxylic acids is 1. The fraction of sp³-hybridized carbons (Fsp3) is 0.105. The number of anilines is 1. The molecule has 0 fully saturated rings. The van der Waals surface area contributed by atoms with Gasteiger partial charge in [0, 0.05) is 18.0 Å². The minimum absolute atomic E-state index is 0.195. The van der Waals surface area contributed by atoms with Crippen molar-refractivity contribution in [1.82, 2.24) is 25.2 Å². The number of amides is 1. The standard InChI is InChI=1S/C19H16N6O/c26-19(22-16-10-4-8-15-9-5-11-20-18(15)16)17(25-13-21-23-24-25)12-14-6-2-1-3-7-14/h1-11,13,17H,12H2,(H,22,26). The molecule has 0 aliphatic heterocycles. The summed E-state index contributed by atoms with van der Waals surface area (Å²) in [6.45, 7) is 0. The van der Waals surface area contributed by atoms with Crippen LogP contribution in [0.4, 0.5) is 5.69 Å². The summed E-state index contributed by atoms with van der Waals surface area (Å²) >= 11 is 0. The molecule has 1 unspecified atom stereocenters. The summed E-state index contributed by atoms with van der Waals surface area (Å²) in [6.07, 6.45) is 3.64. The van der Waals surface area contributed by atoms with E-state index in [1.165, 1.54) is 11.0 Å². The molecule has 0 bridgehead atoms. The van der Waals surface area contributed by atoms with Crippen molar-refractivity contribution in [3.05, 3.63) is 78.8 Å². The molecule has 0 saturated carbocycles. The summed E-state index contributed by atoms with van der Waals surface area (Å²) in [7, 11) is 0. The van der Waals surface area contributed by atoms with Gasteiger partial charge in [-0.1, -0.05) is 48.5 Å². The highest BCUT2D eigenvalue weighted by atomic mass is 16.2. The molecule has 4 aromatic rings. The summed E-state index contributed by atoms with van der Waals surface area (Å²) in [5.74, 6) is -0.195. The van der Waals surface area contributed by atoms with Crippen molar-refractivity contribution in [2.75, 3.05) is 5.32 Å². The fourth-order valence-corrected chi connectivity index (χ4v) is 2.88. The first-order valence-electron chi connectivity index (χ1n) is 8.22. The molecule has 2 aromatic heterocycles. The number of aromatic nitrogens is 5. The molecule has 26 heavy (non-hydrogen) atoms. The van der Waals surface area contributed by atoms with Gasteiger partial charge >= 0.3 is 0 Å². The van der Waals surface area contributed by atoms with E-state index in [-0.39, 0.29) is 5.91 Å². The Hall–Kier alpha value is -3.61. The number of carbonyl (C=O) groups is 1. The Morgan fingerprint density at radius 2 is 1.88 bits per heavy atom. The van der Waals surface area contributed by atoms with E-state index >= 15 is 0 Å². The molecular formula is C19H16N6O. The zero-order valence-electron chi connectivity index (χ0n) is 13.9. The SMILES string of the molecule is O=C(Nc1cccc2cccnc12)C(Cc1ccccc1)n1cnnn1. The van der Waals surface area contributed by atoms with Gasteiger partial charge in [-0.15, -0.1) is 5.10 Å². The Kier molecular flexibility index (Phi) is 4.34. The zero-order chi connectivity index (χ0) is 17.8. The monoisotopic (exact) mass is 344 g/mol. The maximum Gasteiger partial charge on any atom is 0.249 e. The van der Waals surface area contributed by atoms with E-state index in [0.29, 0.717) is 12.1 Å². The topological polar surface area (TPSA) is 85.6 Å². The number of rotatable bonds is 5. The highest BCUT2D eigenvalue weighted by Crippen LogP contribution is 2.22. The lowest BCUT2D eigenvalue weighted by molar-refractivity contribution is -0.119. The summed E-state index contributed by atoms with van der Waals surface area (Å²) in [5.41, 5.74) is 2.44. The number of para-hydroxylation sites is 1. The lowest BCUT2D eigenvalue weighted by Gasteiger charge is -2.17. The van der Waals surface area contributed by atoms with E-state index in [0.717, 1.165) is 16.5 Å². The molecule has 4 rings (SSSR count). The molecule has 1 N–H and O–H groups in total. The van der Waals surface area contributed by atoms with E-state index in [9.17, 15) is 4.79 Å². The fourth-order valence-electron chi connectivity index (χ4n) is 2.88. The van der Waals surface area contributed by atoms with Crippen molar-refractivity contribution in [2.45, 2.75) is 12.5 Å². The average Bonchev–Trinajstić information content (AvgIpc) is 3.21. The second-order valence-corrected chi connectivity index (χ2v) is 5.87. The van der Waals surface area contributed by atoms with Crippen LogP contribution in [0.5, 0.6) is 0 Å². The van der Waals surface area contributed by atoms with Crippen molar-refractivity contribution >= 4 is 22.5 Å². The second kappa shape index (κ2) is 7.10. The molecule has 1 atom stereocenters. The number of tetrazole rings is 1. The van der Waals surface area contributed by atoms with E-state index in [1.54, 1.807) is 6.20 Å². The Balaban J connectivity index is 1.64. The lowest BCUT2D eigenvalue weighted by Crippen LogP contribution is -2.28. The first kappa shape index (κ1) is 15.9. The smallest absolute Gasteiger partial charge is 0.249 e. The summed E-state index contributed by atoms with van der Waals surface area (Å²) in [4.78, 5) is 17.4. The molecule has 128 valence electrons. The van der Waals surface area contributed by atoms with Crippen LogP contribution in [0.15, 0.2) is 73.2 Å². The van der Waals surface area contributed by atoms with E-state index < -0.39 is 6.04 Å². The average molecular weight is 344 g/mol. The molecule has 1 amide bonds.